The van der Waals surface area contributed by atoms with E-state index in [-0.39, 0.29) is 6.03 Å². The third kappa shape index (κ3) is 4.00. The molecule has 0 saturated carbocycles. The number of fused-ring (bicyclic) bond motifs is 1. The summed E-state index contributed by atoms with van der Waals surface area (Å²) >= 11 is 0. The molecule has 0 radical (unpaired) electrons. The molecule has 9 heteroatoms. The third-order valence-corrected chi connectivity index (χ3v) is 6.30. The number of likely N-dealkylation sites (N-methyl/N-ethyl adjacent to an activating group) is 1. The van der Waals surface area contributed by atoms with Crippen LogP contribution in [-0.2, 0) is 9.53 Å². The number of carbonyl (C=O) groups excluding carboxylic acids is 2. The van der Waals surface area contributed by atoms with E-state index in [0.29, 0.717) is 42.1 Å². The number of piperidine rings is 1. The van der Waals surface area contributed by atoms with Crippen LogP contribution in [0.3, 0.4) is 0 Å². The van der Waals surface area contributed by atoms with Gasteiger partial charge in [0.1, 0.15) is 11.4 Å². The summed E-state index contributed by atoms with van der Waals surface area (Å²) in [6.07, 6.45) is 4.50. The number of anilines is 2. The van der Waals surface area contributed by atoms with Crippen molar-refractivity contribution in [2.24, 2.45) is 5.92 Å². The van der Waals surface area contributed by atoms with Gasteiger partial charge in [0.05, 0.1) is 18.9 Å². The lowest BCUT2D eigenvalue weighted by Gasteiger charge is -2.35. The van der Waals surface area contributed by atoms with Gasteiger partial charge in [-0.3, -0.25) is 9.69 Å². The molecule has 1 unspecified atom stereocenters. The molecule has 2 aliphatic heterocycles. The van der Waals surface area contributed by atoms with Crippen molar-refractivity contribution in [3.8, 4) is 17.1 Å². The van der Waals surface area contributed by atoms with Crippen LogP contribution in [0.1, 0.15) is 19.3 Å². The molecule has 4 rings (SSSR count). The molecule has 0 bridgehead atoms. The van der Waals surface area contributed by atoms with Crippen LogP contribution in [0.15, 0.2) is 30.5 Å². The highest BCUT2D eigenvalue weighted by molar-refractivity contribution is 6.03. The fraction of sp³-hybridized carbons (Fsp3) is 0.478. The Morgan fingerprint density at radius 3 is 2.66 bits per heavy atom. The van der Waals surface area contributed by atoms with Gasteiger partial charge in [0.2, 0.25) is 0 Å². The number of aldehydes is 1. The number of urea groups is 1. The van der Waals surface area contributed by atoms with Crippen molar-refractivity contribution in [1.29, 1.82) is 0 Å². The molecular formula is C23H29N5O4. The maximum absolute atomic E-state index is 13.4. The fourth-order valence-electron chi connectivity index (χ4n) is 4.41. The van der Waals surface area contributed by atoms with Crippen LogP contribution in [-0.4, -0.2) is 74.3 Å². The van der Waals surface area contributed by atoms with Crippen molar-refractivity contribution in [2.75, 3.05) is 50.8 Å². The van der Waals surface area contributed by atoms with Gasteiger partial charge in [0, 0.05) is 33.9 Å². The molecule has 1 aromatic carbocycles. The Morgan fingerprint density at radius 1 is 1.22 bits per heavy atom. The summed E-state index contributed by atoms with van der Waals surface area (Å²) in [6, 6.07) is 7.30. The van der Waals surface area contributed by atoms with Crippen molar-refractivity contribution in [2.45, 2.75) is 25.4 Å². The van der Waals surface area contributed by atoms with Crippen molar-refractivity contribution in [1.82, 2.24) is 14.9 Å². The summed E-state index contributed by atoms with van der Waals surface area (Å²) in [7, 11) is 5.07. The highest BCUT2D eigenvalue weighted by Crippen LogP contribution is 2.39. The first-order valence-electron chi connectivity index (χ1n) is 10.8. The largest absolute Gasteiger partial charge is 0.496 e. The number of benzene rings is 1. The second-order valence-corrected chi connectivity index (χ2v) is 8.13. The van der Waals surface area contributed by atoms with E-state index >= 15 is 0 Å². The number of rotatable bonds is 6. The van der Waals surface area contributed by atoms with E-state index in [9.17, 15) is 9.59 Å². The van der Waals surface area contributed by atoms with Gasteiger partial charge >= 0.3 is 6.03 Å². The van der Waals surface area contributed by atoms with Gasteiger partial charge in [0.15, 0.2) is 24.1 Å². The second kappa shape index (κ2) is 9.52. The summed E-state index contributed by atoms with van der Waals surface area (Å²) in [5, 5.41) is 0. The number of ether oxygens (including phenoxy) is 2. The van der Waals surface area contributed by atoms with Crippen molar-refractivity contribution in [3.63, 3.8) is 0 Å². The van der Waals surface area contributed by atoms with E-state index in [0.717, 1.165) is 37.7 Å². The number of methoxy groups -OCH3 is 2. The van der Waals surface area contributed by atoms with Gasteiger partial charge in [-0.15, -0.1) is 0 Å². The smallest absolute Gasteiger partial charge is 0.326 e. The van der Waals surface area contributed by atoms with E-state index in [1.165, 1.54) is 4.90 Å². The maximum Gasteiger partial charge on any atom is 0.326 e. The Labute approximate surface area is 187 Å². The van der Waals surface area contributed by atoms with Crippen LogP contribution in [0.4, 0.5) is 16.3 Å². The van der Waals surface area contributed by atoms with E-state index < -0.39 is 6.17 Å². The highest BCUT2D eigenvalue weighted by Gasteiger charge is 2.41. The van der Waals surface area contributed by atoms with E-state index in [4.69, 9.17) is 9.47 Å². The lowest BCUT2D eigenvalue weighted by molar-refractivity contribution is -0.108. The normalized spacial score (nSPS) is 18.6. The summed E-state index contributed by atoms with van der Waals surface area (Å²) in [4.78, 5) is 39.6. The van der Waals surface area contributed by atoms with Crippen LogP contribution in [0.5, 0.6) is 5.75 Å². The Balaban J connectivity index is 1.59. The lowest BCUT2D eigenvalue weighted by Crippen LogP contribution is -2.53. The number of para-hydroxylation sites is 1. The quantitative estimate of drug-likeness (QED) is 0.640. The first-order valence-corrected chi connectivity index (χ1v) is 10.8. The zero-order chi connectivity index (χ0) is 22.7. The number of hydrogen-bond acceptors (Lipinski definition) is 7. The molecule has 1 fully saturated rings. The molecule has 170 valence electrons. The number of nitrogens with zero attached hydrogens (tertiary/aromatic N) is 5. The minimum atomic E-state index is -0.758. The molecule has 9 nitrogen and oxygen atoms in total. The molecule has 1 aromatic heterocycles. The number of hydrogen-bond donors (Lipinski definition) is 0. The minimum Gasteiger partial charge on any atom is -0.496 e. The summed E-state index contributed by atoms with van der Waals surface area (Å²) in [5.41, 5.74) is 1.28. The van der Waals surface area contributed by atoms with Crippen molar-refractivity contribution >= 4 is 23.8 Å². The fourth-order valence-corrected chi connectivity index (χ4v) is 4.41. The molecule has 1 saturated heterocycles. The Hall–Kier alpha value is -3.20. The Morgan fingerprint density at radius 2 is 1.97 bits per heavy atom. The highest BCUT2D eigenvalue weighted by atomic mass is 16.5. The van der Waals surface area contributed by atoms with Crippen LogP contribution >= 0.6 is 0 Å². The SMILES string of the molecule is COCCC1CCN(C(=O)N2c3cnc(-c4ccccc4OC)nc3N(C)C2C=O)CC1. The molecular weight excluding hydrogens is 410 g/mol. The minimum absolute atomic E-state index is 0.188. The Bertz CT molecular complexity index is 977. The first-order chi connectivity index (χ1) is 15.6. The molecule has 2 aliphatic rings. The standard InChI is InChI=1S/C23H29N5O4/c1-26-20(15-29)28(23(30)27-11-8-16(9-12-27)10-13-31-2)18-14-24-21(25-22(18)26)17-6-4-5-7-19(17)32-3/h4-7,14-16,20H,8-13H2,1-3H3. The van der Waals surface area contributed by atoms with Gasteiger partial charge in [-0.1, -0.05) is 12.1 Å². The van der Waals surface area contributed by atoms with Gasteiger partial charge in [-0.25, -0.2) is 14.8 Å². The zero-order valence-electron chi connectivity index (χ0n) is 18.7. The van der Waals surface area contributed by atoms with E-state index in [1.807, 2.05) is 29.2 Å². The summed E-state index contributed by atoms with van der Waals surface area (Å²) < 4.78 is 10.6. The second-order valence-electron chi connectivity index (χ2n) is 8.13. The molecule has 32 heavy (non-hydrogen) atoms. The van der Waals surface area contributed by atoms with Crippen LogP contribution in [0.2, 0.25) is 0 Å². The molecule has 2 amide bonds. The molecule has 3 heterocycles. The van der Waals surface area contributed by atoms with Gasteiger partial charge in [-0.2, -0.15) is 0 Å². The van der Waals surface area contributed by atoms with E-state index in [2.05, 4.69) is 9.97 Å². The first kappa shape index (κ1) is 22.0. The lowest BCUT2D eigenvalue weighted by atomic mass is 9.94. The van der Waals surface area contributed by atoms with E-state index in [1.54, 1.807) is 32.4 Å². The van der Waals surface area contributed by atoms with Gasteiger partial charge in [-0.05, 0) is 37.3 Å². The molecule has 0 N–H and O–H groups in total. The predicted octanol–water partition coefficient (Wildman–Crippen LogP) is 2.80. The van der Waals surface area contributed by atoms with Crippen molar-refractivity contribution < 1.29 is 19.1 Å². The number of likely N-dealkylation sites (tertiary alicyclic amines) is 1. The number of aromatic nitrogens is 2. The average molecular weight is 440 g/mol. The number of amides is 2. The topological polar surface area (TPSA) is 88.1 Å². The van der Waals surface area contributed by atoms with Crippen LogP contribution in [0, 0.1) is 5.92 Å². The molecule has 1 atom stereocenters. The Kier molecular flexibility index (Phi) is 6.55. The van der Waals surface area contributed by atoms with Crippen molar-refractivity contribution in [3.05, 3.63) is 30.5 Å². The predicted molar refractivity (Wildman–Crippen MR) is 121 cm³/mol. The molecule has 0 spiro atoms. The molecule has 2 aromatic rings. The monoisotopic (exact) mass is 439 g/mol. The van der Waals surface area contributed by atoms with Gasteiger partial charge in [0.25, 0.3) is 0 Å². The zero-order valence-corrected chi connectivity index (χ0v) is 18.7. The summed E-state index contributed by atoms with van der Waals surface area (Å²) in [5.74, 6) is 2.23. The maximum atomic E-state index is 13.4. The van der Waals surface area contributed by atoms with Gasteiger partial charge < -0.3 is 19.3 Å². The average Bonchev–Trinajstić information content (AvgIpc) is 3.13. The van der Waals surface area contributed by atoms with Crippen LogP contribution < -0.4 is 14.5 Å². The van der Waals surface area contributed by atoms with Crippen LogP contribution in [0.25, 0.3) is 11.4 Å². The summed E-state index contributed by atoms with van der Waals surface area (Å²) in [6.45, 7) is 2.06. The third-order valence-electron chi connectivity index (χ3n) is 6.30. The molecule has 0 aliphatic carbocycles. The number of carbonyl (C=O) groups is 2.